The van der Waals surface area contributed by atoms with Crippen LogP contribution in [0.1, 0.15) is 16.8 Å². The van der Waals surface area contributed by atoms with Crippen LogP contribution in [0.2, 0.25) is 0 Å². The number of hydrazine groups is 1. The lowest BCUT2D eigenvalue weighted by atomic mass is 10.2. The van der Waals surface area contributed by atoms with Crippen LogP contribution in [0.3, 0.4) is 0 Å². The Morgan fingerprint density at radius 3 is 2.25 bits per heavy atom. The second kappa shape index (κ2) is 5.50. The second-order valence-corrected chi connectivity index (χ2v) is 2.94. The molecule has 84 valence electrons. The van der Waals surface area contributed by atoms with Gasteiger partial charge in [0, 0.05) is 5.56 Å². The van der Waals surface area contributed by atoms with Crippen molar-refractivity contribution in [2.24, 2.45) is 0 Å². The molecule has 1 rings (SSSR count). The summed E-state index contributed by atoms with van der Waals surface area (Å²) in [6.45, 7) is 0. The summed E-state index contributed by atoms with van der Waals surface area (Å²) in [4.78, 5) is 32.4. The Labute approximate surface area is 91.2 Å². The van der Waals surface area contributed by atoms with Crippen LogP contribution in [0.15, 0.2) is 30.3 Å². The van der Waals surface area contributed by atoms with Crippen molar-refractivity contribution in [3.05, 3.63) is 35.9 Å². The highest BCUT2D eigenvalue weighted by atomic mass is 16.4. The molecule has 3 N–H and O–H groups in total. The molecule has 0 heterocycles. The number of nitrogens with one attached hydrogen (secondary N) is 2. The molecule has 2 amide bonds. The molecular weight excluding hydrogens is 212 g/mol. The molecule has 0 bridgehead atoms. The number of carboxylic acid groups (broad SMARTS) is 1. The van der Waals surface area contributed by atoms with Gasteiger partial charge in [0.15, 0.2) is 0 Å². The molecule has 0 aliphatic carbocycles. The minimum absolute atomic E-state index is 0.373. The smallest absolute Gasteiger partial charge is 0.312 e. The topological polar surface area (TPSA) is 95.5 Å². The fourth-order valence-corrected chi connectivity index (χ4v) is 0.970. The first kappa shape index (κ1) is 11.7. The summed E-state index contributed by atoms with van der Waals surface area (Å²) in [7, 11) is 0. The molecule has 0 aliphatic rings. The molecule has 1 aromatic rings. The van der Waals surface area contributed by atoms with Crippen molar-refractivity contribution in [1.82, 2.24) is 10.9 Å². The lowest BCUT2D eigenvalue weighted by Crippen LogP contribution is -2.42. The zero-order chi connectivity index (χ0) is 12.0. The van der Waals surface area contributed by atoms with E-state index in [1.807, 2.05) is 5.43 Å². The van der Waals surface area contributed by atoms with Crippen LogP contribution < -0.4 is 10.9 Å². The Morgan fingerprint density at radius 2 is 1.69 bits per heavy atom. The van der Waals surface area contributed by atoms with E-state index in [4.69, 9.17) is 5.11 Å². The normalized spacial score (nSPS) is 9.25. The molecule has 0 saturated carbocycles. The predicted molar refractivity (Wildman–Crippen MR) is 54.3 cm³/mol. The zero-order valence-electron chi connectivity index (χ0n) is 8.27. The van der Waals surface area contributed by atoms with E-state index in [0.29, 0.717) is 5.56 Å². The average molecular weight is 222 g/mol. The minimum Gasteiger partial charge on any atom is -0.481 e. The van der Waals surface area contributed by atoms with E-state index in [-0.39, 0.29) is 0 Å². The number of benzene rings is 1. The molecular formula is C10H10N2O4. The first-order valence-corrected chi connectivity index (χ1v) is 4.45. The second-order valence-electron chi connectivity index (χ2n) is 2.94. The molecule has 16 heavy (non-hydrogen) atoms. The van der Waals surface area contributed by atoms with Crippen molar-refractivity contribution in [2.45, 2.75) is 6.42 Å². The van der Waals surface area contributed by atoms with Crippen LogP contribution in [0, 0.1) is 0 Å². The van der Waals surface area contributed by atoms with Crippen molar-refractivity contribution < 1.29 is 19.5 Å². The van der Waals surface area contributed by atoms with Crippen LogP contribution in [-0.2, 0) is 9.59 Å². The Bertz CT molecular complexity index is 403. The predicted octanol–water partition coefficient (Wildman–Crippen LogP) is -0.0777. The van der Waals surface area contributed by atoms with E-state index in [9.17, 15) is 14.4 Å². The number of carboxylic acids is 1. The van der Waals surface area contributed by atoms with Gasteiger partial charge in [0.1, 0.15) is 6.42 Å². The number of rotatable bonds is 3. The summed E-state index contributed by atoms with van der Waals surface area (Å²) in [5, 5.41) is 8.29. The summed E-state index contributed by atoms with van der Waals surface area (Å²) in [5.41, 5.74) is 4.47. The van der Waals surface area contributed by atoms with Gasteiger partial charge in [-0.15, -0.1) is 0 Å². The van der Waals surface area contributed by atoms with E-state index in [2.05, 4.69) is 5.43 Å². The number of aliphatic carboxylic acids is 1. The summed E-state index contributed by atoms with van der Waals surface area (Å²) < 4.78 is 0. The number of hydrogen-bond donors (Lipinski definition) is 3. The number of carbonyl (C=O) groups is 3. The molecule has 0 atom stereocenters. The molecule has 6 nitrogen and oxygen atoms in total. The van der Waals surface area contributed by atoms with Crippen molar-refractivity contribution in [3.63, 3.8) is 0 Å². The van der Waals surface area contributed by atoms with Gasteiger partial charge in [-0.2, -0.15) is 0 Å². The van der Waals surface area contributed by atoms with Crippen molar-refractivity contribution >= 4 is 17.8 Å². The fourth-order valence-electron chi connectivity index (χ4n) is 0.970. The maximum absolute atomic E-state index is 11.4. The first-order chi connectivity index (χ1) is 7.59. The third kappa shape index (κ3) is 3.79. The number of carbonyl (C=O) groups excluding carboxylic acids is 2. The van der Waals surface area contributed by atoms with Crippen LogP contribution in [0.5, 0.6) is 0 Å². The summed E-state index contributed by atoms with van der Waals surface area (Å²) in [6, 6.07) is 8.24. The van der Waals surface area contributed by atoms with E-state index < -0.39 is 24.2 Å². The van der Waals surface area contributed by atoms with Crippen LogP contribution in [0.4, 0.5) is 0 Å². The molecule has 0 aromatic heterocycles. The highest BCUT2D eigenvalue weighted by Gasteiger charge is 2.09. The Balaban J connectivity index is 2.42. The Morgan fingerprint density at radius 1 is 1.06 bits per heavy atom. The van der Waals surface area contributed by atoms with Gasteiger partial charge >= 0.3 is 5.97 Å². The van der Waals surface area contributed by atoms with Gasteiger partial charge in [-0.25, -0.2) is 0 Å². The third-order valence-electron chi connectivity index (χ3n) is 1.66. The fraction of sp³-hybridized carbons (Fsp3) is 0.100. The molecule has 0 aliphatic heterocycles. The van der Waals surface area contributed by atoms with Gasteiger partial charge in [-0.05, 0) is 12.1 Å². The summed E-state index contributed by atoms with van der Waals surface area (Å²) in [5.74, 6) is -2.54. The molecule has 0 radical (unpaired) electrons. The molecule has 0 saturated heterocycles. The van der Waals surface area contributed by atoms with Crippen LogP contribution >= 0.6 is 0 Å². The van der Waals surface area contributed by atoms with Crippen molar-refractivity contribution in [2.75, 3.05) is 0 Å². The Kier molecular flexibility index (Phi) is 4.02. The molecule has 6 heteroatoms. The quantitative estimate of drug-likeness (QED) is 0.492. The monoisotopic (exact) mass is 222 g/mol. The van der Waals surface area contributed by atoms with Crippen LogP contribution in [0.25, 0.3) is 0 Å². The van der Waals surface area contributed by atoms with Gasteiger partial charge < -0.3 is 5.11 Å². The van der Waals surface area contributed by atoms with Gasteiger partial charge in [-0.1, -0.05) is 18.2 Å². The van der Waals surface area contributed by atoms with Gasteiger partial charge in [0.05, 0.1) is 0 Å². The van der Waals surface area contributed by atoms with E-state index in [0.717, 1.165) is 0 Å². The standard InChI is InChI=1S/C10H10N2O4/c13-8(6-9(14)15)11-12-10(16)7-4-2-1-3-5-7/h1-5H,6H2,(H,11,13)(H,12,16)(H,14,15). The largest absolute Gasteiger partial charge is 0.481 e. The number of amides is 2. The number of hydrogen-bond acceptors (Lipinski definition) is 3. The lowest BCUT2D eigenvalue weighted by Gasteiger charge is -2.05. The molecule has 0 spiro atoms. The summed E-state index contributed by atoms with van der Waals surface area (Å²) >= 11 is 0. The van der Waals surface area contributed by atoms with E-state index in [1.165, 1.54) is 0 Å². The maximum Gasteiger partial charge on any atom is 0.312 e. The maximum atomic E-state index is 11.4. The molecule has 0 fully saturated rings. The first-order valence-electron chi connectivity index (χ1n) is 4.45. The minimum atomic E-state index is -1.26. The van der Waals surface area contributed by atoms with E-state index >= 15 is 0 Å². The van der Waals surface area contributed by atoms with Crippen molar-refractivity contribution in [3.8, 4) is 0 Å². The Hall–Kier alpha value is -2.37. The highest BCUT2D eigenvalue weighted by molar-refractivity contribution is 5.97. The summed E-state index contributed by atoms with van der Waals surface area (Å²) in [6.07, 6.45) is -0.685. The lowest BCUT2D eigenvalue weighted by molar-refractivity contribution is -0.140. The van der Waals surface area contributed by atoms with Crippen molar-refractivity contribution in [1.29, 1.82) is 0 Å². The van der Waals surface area contributed by atoms with Gasteiger partial charge in [0.25, 0.3) is 5.91 Å². The zero-order valence-corrected chi connectivity index (χ0v) is 8.27. The SMILES string of the molecule is O=C(O)CC(=O)NNC(=O)c1ccccc1. The third-order valence-corrected chi connectivity index (χ3v) is 1.66. The molecule has 0 unspecified atom stereocenters. The van der Waals surface area contributed by atoms with Gasteiger partial charge in [-0.3, -0.25) is 25.2 Å². The van der Waals surface area contributed by atoms with Gasteiger partial charge in [0.2, 0.25) is 5.91 Å². The highest BCUT2D eigenvalue weighted by Crippen LogP contribution is 1.96. The van der Waals surface area contributed by atoms with E-state index in [1.54, 1.807) is 30.3 Å². The molecule has 1 aromatic carbocycles. The average Bonchev–Trinajstić information content (AvgIpc) is 2.26. The van der Waals surface area contributed by atoms with Crippen LogP contribution in [-0.4, -0.2) is 22.9 Å².